The maximum absolute atomic E-state index is 11.5. The highest BCUT2D eigenvalue weighted by Gasteiger charge is 2.26. The van der Waals surface area contributed by atoms with Gasteiger partial charge in [-0.05, 0) is 11.4 Å². The third-order valence-electron chi connectivity index (χ3n) is 3.08. The molecular weight excluding hydrogens is 270 g/mol. The van der Waals surface area contributed by atoms with E-state index in [0.717, 1.165) is 18.0 Å². The molecule has 0 aromatic carbocycles. The van der Waals surface area contributed by atoms with Gasteiger partial charge in [-0.25, -0.2) is 0 Å². The van der Waals surface area contributed by atoms with E-state index in [9.17, 15) is 10.1 Å². The Morgan fingerprint density at radius 1 is 1.50 bits per heavy atom. The number of hydrogen-bond acceptors (Lipinski definition) is 4. The highest BCUT2D eigenvalue weighted by molar-refractivity contribution is 7.10. The zero-order chi connectivity index (χ0) is 13.0. The van der Waals surface area contributed by atoms with Crippen LogP contribution in [0.3, 0.4) is 0 Å². The first-order valence-corrected chi connectivity index (χ1v) is 7.18. The molecule has 2 rings (SSSR count). The van der Waals surface area contributed by atoms with Crippen molar-refractivity contribution in [3.8, 4) is 6.07 Å². The molecule has 18 heavy (non-hydrogen) atoms. The summed E-state index contributed by atoms with van der Waals surface area (Å²) in [6, 6.07) is 6.08. The van der Waals surface area contributed by atoms with Crippen LogP contribution in [0.5, 0.6) is 0 Å². The van der Waals surface area contributed by atoms with Crippen molar-refractivity contribution in [1.29, 1.82) is 5.26 Å². The molecule has 1 saturated heterocycles. The first kappa shape index (κ1) is 13.3. The molecule has 6 heteroatoms. The summed E-state index contributed by atoms with van der Waals surface area (Å²) >= 11 is 7.13. The van der Waals surface area contributed by atoms with Gasteiger partial charge in [0.05, 0.1) is 6.07 Å². The molecule has 0 aliphatic carbocycles. The molecule has 1 atom stereocenters. The van der Waals surface area contributed by atoms with Gasteiger partial charge in [-0.15, -0.1) is 22.9 Å². The second-order valence-corrected chi connectivity index (χ2v) is 5.34. The average Bonchev–Trinajstić information content (AvgIpc) is 2.93. The first-order chi connectivity index (χ1) is 8.76. The van der Waals surface area contributed by atoms with E-state index < -0.39 is 0 Å². The van der Waals surface area contributed by atoms with E-state index in [1.165, 1.54) is 0 Å². The summed E-state index contributed by atoms with van der Waals surface area (Å²) in [6.45, 7) is 2.74. The third-order valence-corrected chi connectivity index (χ3v) is 4.23. The fraction of sp³-hybridized carbons (Fsp3) is 0.500. The minimum absolute atomic E-state index is 0.0269. The quantitative estimate of drug-likeness (QED) is 0.793. The minimum atomic E-state index is -0.196. The molecule has 0 bridgehead atoms. The number of nitrogens with zero attached hydrogens (tertiary/aromatic N) is 3. The molecule has 1 amide bonds. The number of rotatable bonds is 3. The number of carbonyl (C=O) groups excluding carboxylic acids is 1. The van der Waals surface area contributed by atoms with Gasteiger partial charge in [0.1, 0.15) is 11.9 Å². The fourth-order valence-electron chi connectivity index (χ4n) is 2.09. The van der Waals surface area contributed by atoms with Crippen LogP contribution in [0.1, 0.15) is 10.9 Å². The highest BCUT2D eigenvalue weighted by atomic mass is 35.5. The number of thiophene rings is 1. The Bertz CT molecular complexity index is 435. The number of amides is 1. The number of halogens is 1. The molecule has 1 aromatic heterocycles. The lowest BCUT2D eigenvalue weighted by molar-refractivity contribution is -0.130. The molecule has 0 radical (unpaired) electrons. The Labute approximate surface area is 115 Å². The number of hydrogen-bond donors (Lipinski definition) is 0. The van der Waals surface area contributed by atoms with Crippen molar-refractivity contribution >= 4 is 28.8 Å². The Hall–Kier alpha value is -1.09. The summed E-state index contributed by atoms with van der Waals surface area (Å²) < 4.78 is 0. The lowest BCUT2D eigenvalue weighted by Crippen LogP contribution is -2.49. The van der Waals surface area contributed by atoms with E-state index in [4.69, 9.17) is 11.6 Å². The summed E-state index contributed by atoms with van der Waals surface area (Å²) in [5.74, 6) is 0.00743. The molecule has 0 N–H and O–H groups in total. The van der Waals surface area contributed by atoms with Crippen molar-refractivity contribution in [2.75, 3.05) is 32.1 Å². The number of nitriles is 1. The van der Waals surface area contributed by atoms with Crippen LogP contribution < -0.4 is 0 Å². The van der Waals surface area contributed by atoms with E-state index in [1.807, 2.05) is 17.5 Å². The van der Waals surface area contributed by atoms with Crippen molar-refractivity contribution in [1.82, 2.24) is 9.80 Å². The van der Waals surface area contributed by atoms with Crippen molar-refractivity contribution in [2.24, 2.45) is 0 Å². The molecule has 0 unspecified atom stereocenters. The van der Waals surface area contributed by atoms with Crippen LogP contribution in [-0.4, -0.2) is 47.8 Å². The predicted molar refractivity (Wildman–Crippen MR) is 71.5 cm³/mol. The van der Waals surface area contributed by atoms with Gasteiger partial charge in [0.25, 0.3) is 0 Å². The van der Waals surface area contributed by atoms with Crippen LogP contribution in [0, 0.1) is 11.3 Å². The van der Waals surface area contributed by atoms with Gasteiger partial charge >= 0.3 is 0 Å². The molecule has 0 saturated carbocycles. The largest absolute Gasteiger partial charge is 0.339 e. The van der Waals surface area contributed by atoms with Crippen LogP contribution in [0.15, 0.2) is 17.5 Å². The molecule has 1 fully saturated rings. The van der Waals surface area contributed by atoms with Crippen LogP contribution in [0.4, 0.5) is 0 Å². The van der Waals surface area contributed by atoms with Crippen molar-refractivity contribution in [3.05, 3.63) is 22.4 Å². The molecule has 1 aliphatic rings. The van der Waals surface area contributed by atoms with Gasteiger partial charge in [0.15, 0.2) is 0 Å². The lowest BCUT2D eigenvalue weighted by Gasteiger charge is -2.36. The van der Waals surface area contributed by atoms with Crippen molar-refractivity contribution < 1.29 is 4.79 Å². The van der Waals surface area contributed by atoms with Gasteiger partial charge in [0, 0.05) is 31.1 Å². The SMILES string of the molecule is N#C[C@H](c1cccs1)N1CCN(C(=O)CCl)CC1. The molecule has 1 aliphatic heterocycles. The van der Waals surface area contributed by atoms with Gasteiger partial charge < -0.3 is 4.90 Å². The lowest BCUT2D eigenvalue weighted by atomic mass is 10.2. The van der Waals surface area contributed by atoms with Crippen LogP contribution in [-0.2, 0) is 4.79 Å². The summed E-state index contributed by atoms with van der Waals surface area (Å²) in [5.41, 5.74) is 0. The smallest absolute Gasteiger partial charge is 0.237 e. The normalized spacial score (nSPS) is 18.3. The fourth-order valence-corrected chi connectivity index (χ4v) is 3.06. The second kappa shape index (κ2) is 6.19. The van der Waals surface area contributed by atoms with E-state index in [0.29, 0.717) is 13.1 Å². The average molecular weight is 284 g/mol. The Morgan fingerprint density at radius 3 is 2.72 bits per heavy atom. The van der Waals surface area contributed by atoms with E-state index in [1.54, 1.807) is 16.2 Å². The van der Waals surface area contributed by atoms with Gasteiger partial charge in [0.2, 0.25) is 5.91 Å². The summed E-state index contributed by atoms with van der Waals surface area (Å²) in [4.78, 5) is 16.4. The predicted octanol–water partition coefficient (Wildman–Crippen LogP) is 1.70. The Kier molecular flexibility index (Phi) is 4.59. The third kappa shape index (κ3) is 2.83. The maximum Gasteiger partial charge on any atom is 0.237 e. The summed E-state index contributed by atoms with van der Waals surface area (Å²) in [5, 5.41) is 11.3. The van der Waals surface area contributed by atoms with Crippen LogP contribution >= 0.6 is 22.9 Å². The number of alkyl halides is 1. The molecule has 1 aromatic rings. The first-order valence-electron chi connectivity index (χ1n) is 5.77. The van der Waals surface area contributed by atoms with Crippen molar-refractivity contribution in [2.45, 2.75) is 6.04 Å². The van der Waals surface area contributed by atoms with Gasteiger partial charge in [-0.1, -0.05) is 6.07 Å². The van der Waals surface area contributed by atoms with Crippen molar-refractivity contribution in [3.63, 3.8) is 0 Å². The number of piperazine rings is 1. The molecule has 96 valence electrons. The van der Waals surface area contributed by atoms with E-state index >= 15 is 0 Å². The van der Waals surface area contributed by atoms with Gasteiger partial charge in [-0.2, -0.15) is 5.26 Å². The van der Waals surface area contributed by atoms with E-state index in [2.05, 4.69) is 11.0 Å². The zero-order valence-electron chi connectivity index (χ0n) is 9.88. The van der Waals surface area contributed by atoms with Crippen LogP contribution in [0.25, 0.3) is 0 Å². The molecule has 0 spiro atoms. The Morgan fingerprint density at radius 2 is 2.22 bits per heavy atom. The summed E-state index contributed by atoms with van der Waals surface area (Å²) in [7, 11) is 0. The molecule has 2 heterocycles. The monoisotopic (exact) mass is 283 g/mol. The molecular formula is C12H14ClN3OS. The maximum atomic E-state index is 11.5. The second-order valence-electron chi connectivity index (χ2n) is 4.10. The minimum Gasteiger partial charge on any atom is -0.339 e. The highest BCUT2D eigenvalue weighted by Crippen LogP contribution is 2.25. The standard InChI is InChI=1S/C12H14ClN3OS/c13-8-12(17)16-5-3-15(4-6-16)10(9-14)11-2-1-7-18-11/h1-2,7,10H,3-6,8H2/t10-/m1/s1. The number of carbonyl (C=O) groups is 1. The zero-order valence-corrected chi connectivity index (χ0v) is 11.5. The van der Waals surface area contributed by atoms with Gasteiger partial charge in [-0.3, -0.25) is 9.69 Å². The molecule has 4 nitrogen and oxygen atoms in total. The summed E-state index contributed by atoms with van der Waals surface area (Å²) in [6.07, 6.45) is 0. The Balaban J connectivity index is 1.97. The topological polar surface area (TPSA) is 47.3 Å². The van der Waals surface area contributed by atoms with Crippen LogP contribution in [0.2, 0.25) is 0 Å². The van der Waals surface area contributed by atoms with E-state index in [-0.39, 0.29) is 17.8 Å².